The Morgan fingerprint density at radius 3 is 2.79 bits per heavy atom. The summed E-state index contributed by atoms with van der Waals surface area (Å²) < 4.78 is 1.65. The van der Waals surface area contributed by atoms with Crippen molar-refractivity contribution >= 4 is 22.5 Å². The van der Waals surface area contributed by atoms with Gasteiger partial charge in [-0.15, -0.1) is 0 Å². The fourth-order valence-corrected chi connectivity index (χ4v) is 2.64. The number of nitrogens with zero attached hydrogens (tertiary/aromatic N) is 3. The number of hydrogen-bond acceptors (Lipinski definition) is 3. The number of aromatic nitrogens is 4. The molecule has 1 amide bonds. The molecule has 6 nitrogen and oxygen atoms in total. The first kappa shape index (κ1) is 14.2. The van der Waals surface area contributed by atoms with Crippen LogP contribution in [0.5, 0.6) is 0 Å². The number of para-hydroxylation sites is 1. The molecular weight excluding hydrogens is 302 g/mol. The van der Waals surface area contributed by atoms with E-state index < -0.39 is 0 Å². The first-order valence-electron chi connectivity index (χ1n) is 7.57. The number of benzene rings is 2. The monoisotopic (exact) mass is 317 g/mol. The molecule has 0 unspecified atom stereocenters. The van der Waals surface area contributed by atoms with E-state index in [1.165, 1.54) is 0 Å². The molecule has 0 atom stereocenters. The van der Waals surface area contributed by atoms with Crippen LogP contribution in [0.25, 0.3) is 16.6 Å². The largest absolute Gasteiger partial charge is 0.321 e. The van der Waals surface area contributed by atoms with E-state index in [0.717, 1.165) is 22.3 Å². The van der Waals surface area contributed by atoms with Gasteiger partial charge in [0.05, 0.1) is 23.1 Å². The molecular formula is C18H15N5O. The van der Waals surface area contributed by atoms with E-state index in [9.17, 15) is 4.79 Å². The fraction of sp³-hybridized carbons (Fsp3) is 0.0556. The standard InChI is InChI=1S/C18H15N5O/c1-12-9-17(23(22-12)15-5-3-2-4-6-15)18(24)20-14-8-7-13-11-19-21-16(13)10-14/h2-11H,1H3,(H,19,21)(H,20,24). The van der Waals surface area contributed by atoms with Gasteiger partial charge in [-0.3, -0.25) is 9.89 Å². The molecule has 0 radical (unpaired) electrons. The Balaban J connectivity index is 1.67. The second-order valence-corrected chi connectivity index (χ2v) is 5.54. The summed E-state index contributed by atoms with van der Waals surface area (Å²) in [4.78, 5) is 12.7. The maximum Gasteiger partial charge on any atom is 0.274 e. The van der Waals surface area contributed by atoms with Crippen molar-refractivity contribution in [3.8, 4) is 5.69 Å². The Hall–Kier alpha value is -3.41. The molecule has 2 heterocycles. The summed E-state index contributed by atoms with van der Waals surface area (Å²) in [6.07, 6.45) is 1.74. The smallest absolute Gasteiger partial charge is 0.274 e. The quantitative estimate of drug-likeness (QED) is 0.608. The van der Waals surface area contributed by atoms with E-state index in [1.807, 2.05) is 55.5 Å². The number of amides is 1. The molecule has 118 valence electrons. The first-order valence-corrected chi connectivity index (χ1v) is 7.57. The number of fused-ring (bicyclic) bond motifs is 1. The lowest BCUT2D eigenvalue weighted by Crippen LogP contribution is -2.16. The lowest BCUT2D eigenvalue weighted by Gasteiger charge is -2.08. The molecule has 0 aliphatic rings. The van der Waals surface area contributed by atoms with Crippen LogP contribution >= 0.6 is 0 Å². The van der Waals surface area contributed by atoms with Crippen molar-refractivity contribution in [3.63, 3.8) is 0 Å². The lowest BCUT2D eigenvalue weighted by molar-refractivity contribution is 0.101. The summed E-state index contributed by atoms with van der Waals surface area (Å²) in [6.45, 7) is 1.87. The van der Waals surface area contributed by atoms with Gasteiger partial charge >= 0.3 is 0 Å². The number of anilines is 1. The summed E-state index contributed by atoms with van der Waals surface area (Å²) >= 11 is 0. The average molecular weight is 317 g/mol. The third-order valence-electron chi connectivity index (χ3n) is 3.76. The van der Waals surface area contributed by atoms with Crippen LogP contribution in [0.1, 0.15) is 16.2 Å². The number of rotatable bonds is 3. The highest BCUT2D eigenvalue weighted by Crippen LogP contribution is 2.18. The van der Waals surface area contributed by atoms with E-state index in [4.69, 9.17) is 0 Å². The van der Waals surface area contributed by atoms with Gasteiger partial charge in [0, 0.05) is 11.1 Å². The molecule has 0 saturated heterocycles. The molecule has 0 aliphatic heterocycles. The Kier molecular flexibility index (Phi) is 3.35. The summed E-state index contributed by atoms with van der Waals surface area (Å²) in [5, 5.41) is 15.2. The van der Waals surface area contributed by atoms with Crippen molar-refractivity contribution in [1.29, 1.82) is 0 Å². The van der Waals surface area contributed by atoms with Gasteiger partial charge in [-0.1, -0.05) is 18.2 Å². The lowest BCUT2D eigenvalue weighted by atomic mass is 10.2. The van der Waals surface area contributed by atoms with Crippen molar-refractivity contribution < 1.29 is 4.79 Å². The number of hydrogen-bond donors (Lipinski definition) is 2. The van der Waals surface area contributed by atoms with Crippen LogP contribution in [-0.4, -0.2) is 25.9 Å². The van der Waals surface area contributed by atoms with Crippen molar-refractivity contribution in [2.75, 3.05) is 5.32 Å². The molecule has 4 rings (SSSR count). The molecule has 2 aromatic carbocycles. The normalized spacial score (nSPS) is 10.9. The highest BCUT2D eigenvalue weighted by atomic mass is 16.2. The minimum absolute atomic E-state index is 0.210. The number of carbonyl (C=O) groups is 1. The number of carbonyl (C=O) groups excluding carboxylic acids is 1. The summed E-state index contributed by atoms with van der Waals surface area (Å²) in [6, 6.07) is 17.0. The molecule has 0 spiro atoms. The summed E-state index contributed by atoms with van der Waals surface area (Å²) in [5.41, 5.74) is 3.70. The van der Waals surface area contributed by atoms with Gasteiger partial charge in [-0.25, -0.2) is 4.68 Å². The number of H-pyrrole nitrogens is 1. The van der Waals surface area contributed by atoms with E-state index in [2.05, 4.69) is 20.6 Å². The van der Waals surface area contributed by atoms with Crippen LogP contribution in [-0.2, 0) is 0 Å². The van der Waals surface area contributed by atoms with Crippen LogP contribution in [0.3, 0.4) is 0 Å². The third-order valence-corrected chi connectivity index (χ3v) is 3.76. The summed E-state index contributed by atoms with van der Waals surface area (Å²) in [7, 11) is 0. The van der Waals surface area contributed by atoms with Crippen molar-refractivity contribution in [2.24, 2.45) is 0 Å². The highest BCUT2D eigenvalue weighted by molar-refractivity contribution is 6.04. The molecule has 0 aliphatic carbocycles. The van der Waals surface area contributed by atoms with Crippen LogP contribution in [0.2, 0.25) is 0 Å². The van der Waals surface area contributed by atoms with E-state index in [1.54, 1.807) is 16.9 Å². The van der Waals surface area contributed by atoms with Crippen molar-refractivity contribution in [2.45, 2.75) is 6.92 Å². The molecule has 0 saturated carbocycles. The fourth-order valence-electron chi connectivity index (χ4n) is 2.64. The zero-order valence-electron chi connectivity index (χ0n) is 13.0. The topological polar surface area (TPSA) is 75.6 Å². The second kappa shape index (κ2) is 5.66. The van der Waals surface area contributed by atoms with E-state index in [-0.39, 0.29) is 5.91 Å². The molecule has 6 heteroatoms. The molecule has 2 N–H and O–H groups in total. The molecule has 4 aromatic rings. The van der Waals surface area contributed by atoms with Crippen LogP contribution in [0.4, 0.5) is 5.69 Å². The number of nitrogens with one attached hydrogen (secondary N) is 2. The maximum absolute atomic E-state index is 12.7. The first-order chi connectivity index (χ1) is 11.7. The van der Waals surface area contributed by atoms with Crippen molar-refractivity contribution in [1.82, 2.24) is 20.0 Å². The van der Waals surface area contributed by atoms with Crippen LogP contribution < -0.4 is 5.32 Å². The summed E-state index contributed by atoms with van der Waals surface area (Å²) in [5.74, 6) is -0.210. The zero-order valence-corrected chi connectivity index (χ0v) is 13.0. The minimum atomic E-state index is -0.210. The van der Waals surface area contributed by atoms with Crippen LogP contribution in [0.15, 0.2) is 60.8 Å². The Morgan fingerprint density at radius 2 is 1.96 bits per heavy atom. The Bertz CT molecular complexity index is 1020. The number of aryl methyl sites for hydroxylation is 1. The highest BCUT2D eigenvalue weighted by Gasteiger charge is 2.15. The molecule has 2 aromatic heterocycles. The van der Waals surface area contributed by atoms with Gasteiger partial charge in [0.2, 0.25) is 0 Å². The minimum Gasteiger partial charge on any atom is -0.321 e. The van der Waals surface area contributed by atoms with Gasteiger partial charge < -0.3 is 5.32 Å². The van der Waals surface area contributed by atoms with Gasteiger partial charge in [-0.2, -0.15) is 10.2 Å². The van der Waals surface area contributed by atoms with Crippen LogP contribution in [0, 0.1) is 6.92 Å². The van der Waals surface area contributed by atoms with Gasteiger partial charge in [-0.05, 0) is 43.3 Å². The van der Waals surface area contributed by atoms with E-state index in [0.29, 0.717) is 11.4 Å². The predicted molar refractivity (Wildman–Crippen MR) is 92.3 cm³/mol. The Labute approximate surface area is 138 Å². The van der Waals surface area contributed by atoms with E-state index >= 15 is 0 Å². The maximum atomic E-state index is 12.7. The van der Waals surface area contributed by atoms with Gasteiger partial charge in [0.25, 0.3) is 5.91 Å². The van der Waals surface area contributed by atoms with Crippen molar-refractivity contribution in [3.05, 3.63) is 72.2 Å². The third kappa shape index (κ3) is 2.54. The number of aromatic amines is 1. The second-order valence-electron chi connectivity index (χ2n) is 5.54. The molecule has 24 heavy (non-hydrogen) atoms. The average Bonchev–Trinajstić information content (AvgIpc) is 3.21. The molecule has 0 bridgehead atoms. The van der Waals surface area contributed by atoms with Gasteiger partial charge in [0.1, 0.15) is 5.69 Å². The predicted octanol–water partition coefficient (Wildman–Crippen LogP) is 3.31. The molecule has 0 fully saturated rings. The zero-order chi connectivity index (χ0) is 16.5. The van der Waals surface area contributed by atoms with Gasteiger partial charge in [0.15, 0.2) is 0 Å². The SMILES string of the molecule is Cc1cc(C(=O)Nc2ccc3cn[nH]c3c2)n(-c2ccccc2)n1. The Morgan fingerprint density at radius 1 is 1.12 bits per heavy atom.